The highest BCUT2D eigenvalue weighted by molar-refractivity contribution is 5.77. The van der Waals surface area contributed by atoms with Crippen LogP contribution in [0.4, 0.5) is 0 Å². The number of carbonyl (C=O) groups is 2. The van der Waals surface area contributed by atoms with Crippen LogP contribution < -0.4 is 0 Å². The summed E-state index contributed by atoms with van der Waals surface area (Å²) < 4.78 is 4.53. The van der Waals surface area contributed by atoms with Crippen LogP contribution in [0.15, 0.2) is 0 Å². The average Bonchev–Trinajstić information content (AvgIpc) is 2.78. The SMILES string of the molecule is COC(=O)C[C@@H]1[C@@H](C(=O)O)[C@H]1C(C)C. The highest BCUT2D eigenvalue weighted by atomic mass is 16.5. The van der Waals surface area contributed by atoms with E-state index in [9.17, 15) is 9.59 Å². The van der Waals surface area contributed by atoms with Gasteiger partial charge in [-0.25, -0.2) is 0 Å². The van der Waals surface area contributed by atoms with Gasteiger partial charge in [-0.15, -0.1) is 0 Å². The van der Waals surface area contributed by atoms with Gasteiger partial charge in [0, 0.05) is 6.42 Å². The third-order valence-electron chi connectivity index (χ3n) is 2.91. The van der Waals surface area contributed by atoms with Crippen molar-refractivity contribution in [3.8, 4) is 0 Å². The van der Waals surface area contributed by atoms with Gasteiger partial charge in [-0.1, -0.05) is 13.8 Å². The minimum atomic E-state index is -0.794. The average molecular weight is 200 g/mol. The third-order valence-corrected chi connectivity index (χ3v) is 2.91. The van der Waals surface area contributed by atoms with E-state index in [1.54, 1.807) is 0 Å². The zero-order chi connectivity index (χ0) is 10.9. The first-order valence-electron chi connectivity index (χ1n) is 4.78. The molecule has 0 aromatic heterocycles. The number of esters is 1. The smallest absolute Gasteiger partial charge is 0.307 e. The Morgan fingerprint density at radius 3 is 2.29 bits per heavy atom. The van der Waals surface area contributed by atoms with Crippen LogP contribution >= 0.6 is 0 Å². The third kappa shape index (κ3) is 2.05. The number of hydrogen-bond acceptors (Lipinski definition) is 3. The molecule has 0 aromatic carbocycles. The molecule has 0 aliphatic heterocycles. The standard InChI is InChI=1S/C10H16O4/c1-5(2)8-6(4-7(11)14-3)9(8)10(12)13/h5-6,8-9H,4H2,1-3H3,(H,12,13)/t6-,8-,9+/m0/s1. The Balaban J connectivity index is 2.54. The molecule has 3 atom stereocenters. The van der Waals surface area contributed by atoms with Gasteiger partial charge in [-0.3, -0.25) is 9.59 Å². The Bertz CT molecular complexity index is 247. The molecule has 80 valence electrons. The van der Waals surface area contributed by atoms with E-state index in [0.717, 1.165) is 0 Å². The van der Waals surface area contributed by atoms with Crippen molar-refractivity contribution in [2.24, 2.45) is 23.7 Å². The summed E-state index contributed by atoms with van der Waals surface area (Å²) in [5.41, 5.74) is 0. The van der Waals surface area contributed by atoms with Gasteiger partial charge in [0.25, 0.3) is 0 Å². The molecule has 4 heteroatoms. The van der Waals surface area contributed by atoms with Gasteiger partial charge >= 0.3 is 11.9 Å². The molecule has 1 fully saturated rings. The van der Waals surface area contributed by atoms with Gasteiger partial charge in [-0.2, -0.15) is 0 Å². The lowest BCUT2D eigenvalue weighted by Crippen LogP contribution is -2.05. The topological polar surface area (TPSA) is 63.6 Å². The summed E-state index contributed by atoms with van der Waals surface area (Å²) in [6.07, 6.45) is 0.232. The number of carboxylic acid groups (broad SMARTS) is 1. The van der Waals surface area contributed by atoms with Crippen LogP contribution in [0.1, 0.15) is 20.3 Å². The lowest BCUT2D eigenvalue weighted by molar-refractivity contribution is -0.141. The van der Waals surface area contributed by atoms with E-state index < -0.39 is 5.97 Å². The second-order valence-electron chi connectivity index (χ2n) is 4.13. The normalized spacial score (nSPS) is 30.1. The van der Waals surface area contributed by atoms with Crippen molar-refractivity contribution in [1.29, 1.82) is 0 Å². The molecule has 1 saturated carbocycles. The minimum absolute atomic E-state index is 0.0278. The number of methoxy groups -OCH3 is 1. The Morgan fingerprint density at radius 1 is 1.43 bits per heavy atom. The lowest BCUT2D eigenvalue weighted by atomic mass is 10.1. The van der Waals surface area contributed by atoms with Gasteiger partial charge < -0.3 is 9.84 Å². The van der Waals surface area contributed by atoms with Gasteiger partial charge in [0.2, 0.25) is 0 Å². The summed E-state index contributed by atoms with van der Waals surface area (Å²) >= 11 is 0. The first kappa shape index (κ1) is 11.0. The van der Waals surface area contributed by atoms with Crippen LogP contribution in [0, 0.1) is 23.7 Å². The van der Waals surface area contributed by atoms with Crippen molar-refractivity contribution in [2.45, 2.75) is 20.3 Å². The molecule has 0 heterocycles. The minimum Gasteiger partial charge on any atom is -0.481 e. The fourth-order valence-electron chi connectivity index (χ4n) is 2.20. The first-order chi connectivity index (χ1) is 6.49. The zero-order valence-corrected chi connectivity index (χ0v) is 8.69. The molecule has 0 unspecified atom stereocenters. The first-order valence-corrected chi connectivity index (χ1v) is 4.78. The maximum Gasteiger partial charge on any atom is 0.307 e. The fraction of sp³-hybridized carbons (Fsp3) is 0.800. The Labute approximate surface area is 83.2 Å². The molecule has 0 aromatic rings. The second-order valence-corrected chi connectivity index (χ2v) is 4.13. The fourth-order valence-corrected chi connectivity index (χ4v) is 2.20. The summed E-state index contributed by atoms with van der Waals surface area (Å²) in [4.78, 5) is 21.8. The van der Waals surface area contributed by atoms with Crippen LogP contribution in [-0.2, 0) is 14.3 Å². The van der Waals surface area contributed by atoms with Crippen molar-refractivity contribution >= 4 is 11.9 Å². The Morgan fingerprint density at radius 2 is 2.00 bits per heavy atom. The molecule has 0 bridgehead atoms. The summed E-state index contributed by atoms with van der Waals surface area (Å²) in [6, 6.07) is 0. The van der Waals surface area contributed by atoms with Crippen LogP contribution in [0.3, 0.4) is 0 Å². The number of ether oxygens (including phenoxy) is 1. The van der Waals surface area contributed by atoms with Crippen LogP contribution in [-0.4, -0.2) is 24.2 Å². The summed E-state index contributed by atoms with van der Waals surface area (Å²) in [5.74, 6) is -1.05. The van der Waals surface area contributed by atoms with E-state index in [-0.39, 0.29) is 30.1 Å². The molecule has 4 nitrogen and oxygen atoms in total. The summed E-state index contributed by atoms with van der Waals surface area (Å²) in [5, 5.41) is 8.88. The van der Waals surface area contributed by atoms with E-state index >= 15 is 0 Å². The van der Waals surface area contributed by atoms with E-state index in [1.807, 2.05) is 13.8 Å². The van der Waals surface area contributed by atoms with E-state index in [1.165, 1.54) is 7.11 Å². The number of carboxylic acids is 1. The number of hydrogen-bond donors (Lipinski definition) is 1. The van der Waals surface area contributed by atoms with Crippen molar-refractivity contribution in [2.75, 3.05) is 7.11 Å². The predicted octanol–water partition coefficient (Wildman–Crippen LogP) is 1.15. The maximum absolute atomic E-state index is 11.0. The van der Waals surface area contributed by atoms with E-state index in [2.05, 4.69) is 4.74 Å². The lowest BCUT2D eigenvalue weighted by Gasteiger charge is -2.01. The van der Waals surface area contributed by atoms with Crippen LogP contribution in [0.2, 0.25) is 0 Å². The molecule has 0 radical (unpaired) electrons. The predicted molar refractivity (Wildman–Crippen MR) is 49.6 cm³/mol. The van der Waals surface area contributed by atoms with Gasteiger partial charge in [0.1, 0.15) is 0 Å². The summed E-state index contributed by atoms with van der Waals surface area (Å²) in [7, 11) is 1.32. The van der Waals surface area contributed by atoms with E-state index in [4.69, 9.17) is 5.11 Å². The molecule has 14 heavy (non-hydrogen) atoms. The quantitative estimate of drug-likeness (QED) is 0.691. The Kier molecular flexibility index (Phi) is 3.13. The van der Waals surface area contributed by atoms with Gasteiger partial charge in [-0.05, 0) is 17.8 Å². The highest BCUT2D eigenvalue weighted by Gasteiger charge is 2.56. The monoisotopic (exact) mass is 200 g/mol. The molecular weight excluding hydrogens is 184 g/mol. The van der Waals surface area contributed by atoms with Crippen LogP contribution in [0.5, 0.6) is 0 Å². The molecule has 1 aliphatic carbocycles. The second kappa shape index (κ2) is 3.98. The molecule has 1 aliphatic rings. The molecule has 0 amide bonds. The largest absolute Gasteiger partial charge is 0.481 e. The van der Waals surface area contributed by atoms with Gasteiger partial charge in [0.15, 0.2) is 0 Å². The number of aliphatic carboxylic acids is 1. The molecule has 1 rings (SSSR count). The van der Waals surface area contributed by atoms with Crippen molar-refractivity contribution in [3.05, 3.63) is 0 Å². The Hall–Kier alpha value is -1.06. The van der Waals surface area contributed by atoms with Crippen molar-refractivity contribution in [3.63, 3.8) is 0 Å². The highest BCUT2D eigenvalue weighted by Crippen LogP contribution is 2.53. The molecule has 0 spiro atoms. The zero-order valence-electron chi connectivity index (χ0n) is 8.69. The van der Waals surface area contributed by atoms with Crippen molar-refractivity contribution in [1.82, 2.24) is 0 Å². The summed E-state index contributed by atoms with van der Waals surface area (Å²) in [6.45, 7) is 3.97. The molecule has 1 N–H and O–H groups in total. The molecular formula is C10H16O4. The number of rotatable bonds is 4. The van der Waals surface area contributed by atoms with Crippen molar-refractivity contribution < 1.29 is 19.4 Å². The maximum atomic E-state index is 11.0. The van der Waals surface area contributed by atoms with E-state index in [0.29, 0.717) is 5.92 Å². The molecule has 0 saturated heterocycles. The van der Waals surface area contributed by atoms with Gasteiger partial charge in [0.05, 0.1) is 13.0 Å². The van der Waals surface area contributed by atoms with Crippen LogP contribution in [0.25, 0.3) is 0 Å². The number of carbonyl (C=O) groups excluding carboxylic acids is 1.